The molecule has 0 saturated carbocycles. The van der Waals surface area contributed by atoms with Gasteiger partial charge in [-0.05, 0) is 0 Å². The number of rotatable bonds is 6. The van der Waals surface area contributed by atoms with Crippen molar-refractivity contribution in [2.75, 3.05) is 4.90 Å². The predicted octanol–water partition coefficient (Wildman–Crippen LogP) is 14.0. The van der Waals surface area contributed by atoms with Crippen molar-refractivity contribution >= 4 is 72.7 Å². The van der Waals surface area contributed by atoms with Crippen LogP contribution in [0.5, 0.6) is 0 Å². The Hall–Kier alpha value is -6.90. The van der Waals surface area contributed by atoms with Gasteiger partial charge in [0.15, 0.2) is 0 Å². The molecule has 0 fully saturated rings. The molecule has 58 heavy (non-hydrogen) atoms. The van der Waals surface area contributed by atoms with Crippen molar-refractivity contribution in [3.8, 4) is 16.8 Å². The summed E-state index contributed by atoms with van der Waals surface area (Å²) in [6.45, 7) is 0. The van der Waals surface area contributed by atoms with E-state index in [4.69, 9.17) is 0 Å². The quantitative estimate of drug-likeness (QED) is 0.152. The molecular weight excluding hydrogens is 768 g/mol. The van der Waals surface area contributed by atoms with E-state index >= 15 is 0 Å². The summed E-state index contributed by atoms with van der Waals surface area (Å²) in [5.74, 6) is 0. The van der Waals surface area contributed by atoms with Crippen LogP contribution in [0.1, 0.15) is 22.3 Å². The zero-order valence-electron chi connectivity index (χ0n) is 31.6. The van der Waals surface area contributed by atoms with Gasteiger partial charge in [-0.3, -0.25) is 0 Å². The van der Waals surface area contributed by atoms with Gasteiger partial charge in [0.2, 0.25) is 0 Å². The summed E-state index contributed by atoms with van der Waals surface area (Å²) in [6, 6.07) is 80.9. The average Bonchev–Trinajstić information content (AvgIpc) is 3.95. The summed E-state index contributed by atoms with van der Waals surface area (Å²) in [6.07, 6.45) is 0. The first-order valence-electron chi connectivity index (χ1n) is 19.9. The predicted molar refractivity (Wildman–Crippen MR) is 245 cm³/mol. The summed E-state index contributed by atoms with van der Waals surface area (Å²) in [7, 11) is 0. The van der Waals surface area contributed by atoms with Crippen LogP contribution in [0.3, 0.4) is 0 Å². The van der Waals surface area contributed by atoms with Crippen LogP contribution < -0.4 is 4.90 Å². The second kappa shape index (κ2) is 13.1. The van der Waals surface area contributed by atoms with Crippen molar-refractivity contribution in [1.82, 2.24) is 4.57 Å². The third-order valence-electron chi connectivity index (χ3n) is 12.2. The van der Waals surface area contributed by atoms with E-state index in [1.165, 1.54) is 80.2 Å². The topological polar surface area (TPSA) is 8.17 Å². The van der Waals surface area contributed by atoms with Gasteiger partial charge in [-0.2, -0.15) is 0 Å². The monoisotopic (exact) mass is 804 g/mol. The molecule has 0 bridgehead atoms. The van der Waals surface area contributed by atoms with Crippen molar-refractivity contribution in [2.24, 2.45) is 0 Å². The Balaban J connectivity index is 1.16. The minimum atomic E-state index is -0.505. The number of anilines is 3. The fourth-order valence-electron chi connectivity index (χ4n) is 9.93. The maximum absolute atomic E-state index is 2.56. The fraction of sp³-hybridized carbons (Fsp3) is 0.0182. The van der Waals surface area contributed by atoms with Gasteiger partial charge in [0, 0.05) is 0 Å². The average molecular weight is 804 g/mol. The number of hydrogen-bond donors (Lipinski definition) is 0. The molecule has 0 atom stereocenters. The van der Waals surface area contributed by atoms with Gasteiger partial charge in [0.1, 0.15) is 0 Å². The fourth-order valence-corrected chi connectivity index (χ4v) is 12.5. The molecule has 1 aliphatic carbocycles. The molecule has 2 aromatic heterocycles. The number of fused-ring (bicyclic) bond motifs is 9. The summed E-state index contributed by atoms with van der Waals surface area (Å²) in [5, 5.41) is 5.21. The van der Waals surface area contributed by atoms with E-state index in [2.05, 4.69) is 228 Å². The van der Waals surface area contributed by atoms with Crippen LogP contribution in [0.4, 0.5) is 17.1 Å². The van der Waals surface area contributed by atoms with E-state index in [1.54, 1.807) is 0 Å². The second-order valence-electron chi connectivity index (χ2n) is 15.2. The molecule has 0 radical (unpaired) electrons. The van der Waals surface area contributed by atoms with E-state index in [0.29, 0.717) is 0 Å². The number of para-hydroxylation sites is 3. The van der Waals surface area contributed by atoms with Gasteiger partial charge in [-0.15, -0.1) is 0 Å². The van der Waals surface area contributed by atoms with Gasteiger partial charge in [-0.1, -0.05) is 54.6 Å². The molecule has 0 spiro atoms. The Morgan fingerprint density at radius 1 is 0.414 bits per heavy atom. The van der Waals surface area contributed by atoms with Crippen LogP contribution in [-0.4, -0.2) is 19.1 Å². The van der Waals surface area contributed by atoms with Crippen molar-refractivity contribution in [2.45, 2.75) is 5.41 Å². The molecule has 0 N–H and O–H groups in total. The summed E-state index contributed by atoms with van der Waals surface area (Å²) in [5.41, 5.74) is 14.2. The van der Waals surface area contributed by atoms with Crippen LogP contribution in [0, 0.1) is 0 Å². The van der Waals surface area contributed by atoms with E-state index in [1.807, 2.05) is 0 Å². The second-order valence-corrected chi connectivity index (χ2v) is 17.4. The summed E-state index contributed by atoms with van der Waals surface area (Å²) < 4.78 is 5.44. The molecule has 1 aliphatic rings. The van der Waals surface area contributed by atoms with Crippen LogP contribution >= 0.6 is 0 Å². The molecule has 12 rings (SSSR count). The van der Waals surface area contributed by atoms with Gasteiger partial charge in [-0.25, -0.2) is 0 Å². The molecule has 0 amide bonds. The molecule has 9 aromatic carbocycles. The van der Waals surface area contributed by atoms with Gasteiger partial charge in [0.05, 0.1) is 0 Å². The zero-order chi connectivity index (χ0) is 38.2. The number of benzene rings is 9. The zero-order valence-corrected chi connectivity index (χ0v) is 33.3. The van der Waals surface area contributed by atoms with Crippen LogP contribution in [0.25, 0.3) is 57.9 Å². The van der Waals surface area contributed by atoms with E-state index < -0.39 is 5.41 Å². The van der Waals surface area contributed by atoms with E-state index in [-0.39, 0.29) is 14.5 Å². The first-order chi connectivity index (χ1) is 28.8. The first kappa shape index (κ1) is 33.3. The van der Waals surface area contributed by atoms with Crippen LogP contribution in [0.15, 0.2) is 218 Å². The van der Waals surface area contributed by atoms with E-state index in [9.17, 15) is 0 Å². The molecule has 11 aromatic rings. The van der Waals surface area contributed by atoms with Crippen molar-refractivity contribution < 1.29 is 0 Å². The Morgan fingerprint density at radius 3 is 1.78 bits per heavy atom. The number of hydrogen-bond acceptors (Lipinski definition) is 1. The Morgan fingerprint density at radius 2 is 0.983 bits per heavy atom. The minimum absolute atomic E-state index is 0.183. The summed E-state index contributed by atoms with van der Waals surface area (Å²) >= 11 is 0.183. The SMILES string of the molecule is c1ccc(N(c2cccc(C3(c4ccccc4)c4ccccc4-c4ccccc43)c2)c2cccc3c4ccccc4n(-c4cccc5c4[se]c4ccccc45)c23)cc1. The number of nitrogens with zero attached hydrogens (tertiary/aromatic N) is 2. The Labute approximate surface area is 343 Å². The van der Waals surface area contributed by atoms with Crippen LogP contribution in [-0.2, 0) is 5.41 Å². The van der Waals surface area contributed by atoms with E-state index in [0.717, 1.165) is 17.1 Å². The molecule has 0 unspecified atom stereocenters. The van der Waals surface area contributed by atoms with Gasteiger partial charge in [0.25, 0.3) is 0 Å². The summed E-state index contributed by atoms with van der Waals surface area (Å²) in [4.78, 5) is 2.48. The molecule has 2 nitrogen and oxygen atoms in total. The normalized spacial score (nSPS) is 13.0. The third kappa shape index (κ3) is 4.72. The Kier molecular flexibility index (Phi) is 7.50. The molecule has 2 heterocycles. The molecule has 3 heteroatoms. The number of aromatic nitrogens is 1. The molecular formula is C55H36N2Se. The Bertz CT molecular complexity index is 3310. The molecule has 0 saturated heterocycles. The maximum atomic E-state index is 2.56. The third-order valence-corrected chi connectivity index (χ3v) is 14.8. The van der Waals surface area contributed by atoms with Crippen LogP contribution in [0.2, 0.25) is 0 Å². The first-order valence-corrected chi connectivity index (χ1v) is 21.7. The molecule has 272 valence electrons. The standard InChI is InChI=1S/C55H36N2Se/c1-3-18-37(19-4-1)55(47-30-11-7-24-41(47)42-25-8-12-31-48(42)55)38-20-15-23-40(36-38)56(39-21-5-2-6-22-39)50-33-16-28-45-43-26-9-13-32-49(43)57(53(45)50)51-34-17-29-46-44-27-10-14-35-52(44)58-54(46)51/h1-36H. The van der Waals surface area contributed by atoms with Crippen molar-refractivity contribution in [3.05, 3.63) is 241 Å². The van der Waals surface area contributed by atoms with Gasteiger partial charge < -0.3 is 0 Å². The van der Waals surface area contributed by atoms with Crippen molar-refractivity contribution in [1.29, 1.82) is 0 Å². The van der Waals surface area contributed by atoms with Crippen molar-refractivity contribution in [3.63, 3.8) is 0 Å². The van der Waals surface area contributed by atoms with Gasteiger partial charge >= 0.3 is 290 Å². The molecule has 0 aliphatic heterocycles.